The Hall–Kier alpha value is -1.82. The van der Waals surface area contributed by atoms with E-state index in [1.54, 1.807) is 16.1 Å². The number of rotatable bonds is 10. The van der Waals surface area contributed by atoms with Gasteiger partial charge in [0.15, 0.2) is 0 Å². The summed E-state index contributed by atoms with van der Waals surface area (Å²) >= 11 is 0. The second kappa shape index (κ2) is 10.6. The van der Waals surface area contributed by atoms with Gasteiger partial charge in [0.25, 0.3) is 0 Å². The van der Waals surface area contributed by atoms with Crippen LogP contribution in [0.1, 0.15) is 65.6 Å². The van der Waals surface area contributed by atoms with E-state index in [4.69, 9.17) is 9.15 Å². The van der Waals surface area contributed by atoms with E-state index in [-0.39, 0.29) is 29.9 Å². The molecule has 2 heterocycles. The van der Waals surface area contributed by atoms with E-state index < -0.39 is 0 Å². The van der Waals surface area contributed by atoms with Crippen molar-refractivity contribution < 1.29 is 18.7 Å². The maximum atomic E-state index is 13.1. The summed E-state index contributed by atoms with van der Waals surface area (Å²) in [6, 6.07) is 3.69. The van der Waals surface area contributed by atoms with Crippen LogP contribution in [-0.2, 0) is 20.9 Å². The van der Waals surface area contributed by atoms with E-state index in [0.717, 1.165) is 38.1 Å². The topological polar surface area (TPSA) is 63.0 Å². The fourth-order valence-electron chi connectivity index (χ4n) is 3.35. The molecule has 0 N–H and O–H groups in total. The van der Waals surface area contributed by atoms with Gasteiger partial charge in [0.2, 0.25) is 11.8 Å². The third kappa shape index (κ3) is 7.66. The van der Waals surface area contributed by atoms with Gasteiger partial charge in [0.1, 0.15) is 5.76 Å². The molecule has 0 saturated carbocycles. The Balaban J connectivity index is 2.06. The Labute approximate surface area is 169 Å². The molecule has 2 rings (SSSR count). The van der Waals surface area contributed by atoms with Gasteiger partial charge in [-0.1, -0.05) is 34.1 Å². The van der Waals surface area contributed by atoms with Crippen LogP contribution in [0, 0.1) is 5.41 Å². The summed E-state index contributed by atoms with van der Waals surface area (Å²) in [5, 5.41) is 0. The molecule has 6 nitrogen and oxygen atoms in total. The van der Waals surface area contributed by atoms with Crippen molar-refractivity contribution in [2.75, 3.05) is 26.2 Å². The molecule has 0 radical (unpaired) electrons. The summed E-state index contributed by atoms with van der Waals surface area (Å²) < 4.78 is 11.2. The summed E-state index contributed by atoms with van der Waals surface area (Å²) in [5.74, 6) is 0.738. The summed E-state index contributed by atoms with van der Waals surface area (Å²) in [7, 11) is 0. The molecule has 158 valence electrons. The molecular weight excluding hydrogens is 356 g/mol. The van der Waals surface area contributed by atoms with Crippen molar-refractivity contribution in [3.63, 3.8) is 0 Å². The number of hydrogen-bond acceptors (Lipinski definition) is 4. The molecule has 1 fully saturated rings. The molecule has 1 aliphatic rings. The van der Waals surface area contributed by atoms with E-state index >= 15 is 0 Å². The molecule has 0 spiro atoms. The second-order valence-electron chi connectivity index (χ2n) is 8.89. The number of carbonyl (C=O) groups is 2. The van der Waals surface area contributed by atoms with Crippen LogP contribution in [0.3, 0.4) is 0 Å². The summed E-state index contributed by atoms with van der Waals surface area (Å²) in [6.07, 6.45) is 5.99. The van der Waals surface area contributed by atoms with Crippen molar-refractivity contribution >= 4 is 11.8 Å². The zero-order valence-electron chi connectivity index (χ0n) is 17.9. The molecule has 6 heteroatoms. The molecule has 0 aliphatic carbocycles. The van der Waals surface area contributed by atoms with E-state index in [9.17, 15) is 9.59 Å². The Morgan fingerprint density at radius 3 is 2.57 bits per heavy atom. The minimum absolute atomic E-state index is 0.0457. The van der Waals surface area contributed by atoms with Gasteiger partial charge in [-0.25, -0.2) is 0 Å². The Morgan fingerprint density at radius 1 is 1.21 bits per heavy atom. The van der Waals surface area contributed by atoms with E-state index in [2.05, 4.69) is 6.92 Å². The fourth-order valence-corrected chi connectivity index (χ4v) is 3.35. The van der Waals surface area contributed by atoms with Crippen molar-refractivity contribution in [1.82, 2.24) is 9.80 Å². The van der Waals surface area contributed by atoms with Gasteiger partial charge in [-0.2, -0.15) is 0 Å². The van der Waals surface area contributed by atoms with Gasteiger partial charge in [-0.05, 0) is 36.8 Å². The minimum atomic E-state index is -0.101. The van der Waals surface area contributed by atoms with Gasteiger partial charge in [-0.3, -0.25) is 9.59 Å². The molecule has 0 bridgehead atoms. The van der Waals surface area contributed by atoms with E-state index in [1.165, 1.54) is 0 Å². The average molecular weight is 393 g/mol. The molecule has 28 heavy (non-hydrogen) atoms. The number of furan rings is 1. The number of carbonyl (C=O) groups excluding carboxylic acids is 2. The summed E-state index contributed by atoms with van der Waals surface area (Å²) in [5.41, 5.74) is -0.101. The fraction of sp³-hybridized carbons (Fsp3) is 0.727. The number of ether oxygens (including phenoxy) is 1. The van der Waals surface area contributed by atoms with E-state index in [1.807, 2.05) is 32.9 Å². The lowest BCUT2D eigenvalue weighted by Gasteiger charge is -2.30. The number of unbranched alkanes of at least 4 members (excludes halogenated alkanes) is 1. The van der Waals surface area contributed by atoms with Crippen LogP contribution in [0.2, 0.25) is 0 Å². The predicted molar refractivity (Wildman–Crippen MR) is 109 cm³/mol. The molecule has 1 atom stereocenters. The molecule has 1 aromatic rings. The van der Waals surface area contributed by atoms with Crippen molar-refractivity contribution in [2.45, 2.75) is 72.4 Å². The third-order valence-corrected chi connectivity index (χ3v) is 4.87. The highest BCUT2D eigenvalue weighted by atomic mass is 16.5. The lowest BCUT2D eigenvalue weighted by molar-refractivity contribution is -0.143. The monoisotopic (exact) mass is 392 g/mol. The smallest absolute Gasteiger partial charge is 0.242 e. The highest BCUT2D eigenvalue weighted by Gasteiger charge is 2.27. The van der Waals surface area contributed by atoms with Gasteiger partial charge in [0.05, 0.1) is 25.5 Å². The maximum absolute atomic E-state index is 13.1. The van der Waals surface area contributed by atoms with Crippen molar-refractivity contribution in [1.29, 1.82) is 0 Å². The second-order valence-corrected chi connectivity index (χ2v) is 8.89. The maximum Gasteiger partial charge on any atom is 0.242 e. The van der Waals surface area contributed by atoms with Crippen LogP contribution >= 0.6 is 0 Å². The summed E-state index contributed by atoms with van der Waals surface area (Å²) in [4.78, 5) is 29.4. The van der Waals surface area contributed by atoms with Crippen LogP contribution in [0.5, 0.6) is 0 Å². The zero-order valence-corrected chi connectivity index (χ0v) is 17.9. The van der Waals surface area contributed by atoms with Crippen LogP contribution in [0.15, 0.2) is 22.8 Å². The Bertz CT molecular complexity index is 601. The molecule has 0 aromatic carbocycles. The minimum Gasteiger partial charge on any atom is -0.467 e. The van der Waals surface area contributed by atoms with Gasteiger partial charge >= 0.3 is 0 Å². The van der Waals surface area contributed by atoms with Crippen molar-refractivity contribution in [3.05, 3.63) is 24.2 Å². The zero-order chi connectivity index (χ0) is 20.6. The lowest BCUT2D eigenvalue weighted by atomic mass is 9.91. The highest BCUT2D eigenvalue weighted by Crippen LogP contribution is 2.21. The third-order valence-electron chi connectivity index (χ3n) is 4.87. The number of amides is 2. The van der Waals surface area contributed by atoms with Crippen LogP contribution in [-0.4, -0.2) is 54.0 Å². The van der Waals surface area contributed by atoms with Crippen LogP contribution in [0.4, 0.5) is 0 Å². The molecule has 1 saturated heterocycles. The van der Waals surface area contributed by atoms with Gasteiger partial charge in [0, 0.05) is 26.1 Å². The van der Waals surface area contributed by atoms with Crippen molar-refractivity contribution in [2.24, 2.45) is 5.41 Å². The summed E-state index contributed by atoms with van der Waals surface area (Å²) in [6.45, 7) is 10.7. The lowest BCUT2D eigenvalue weighted by Crippen LogP contribution is -2.45. The first-order valence-electron chi connectivity index (χ1n) is 10.5. The predicted octanol–water partition coefficient (Wildman–Crippen LogP) is 3.85. The average Bonchev–Trinajstić information content (AvgIpc) is 3.30. The SMILES string of the molecule is CCCCN(CC(=O)N(Cc1ccco1)C[C@@H]1CCCO1)C(=O)CC(C)(C)C. The standard InChI is InChI=1S/C22H36N2O4/c1-5-6-11-23(20(25)14-22(2,3)4)17-21(26)24(15-18-9-7-12-27-18)16-19-10-8-13-28-19/h7,9,12,19H,5-6,8,10-11,13-17H2,1-4H3/t19-/m0/s1. The van der Waals surface area contributed by atoms with E-state index in [0.29, 0.717) is 26.1 Å². The van der Waals surface area contributed by atoms with Crippen molar-refractivity contribution in [3.8, 4) is 0 Å². The highest BCUT2D eigenvalue weighted by molar-refractivity contribution is 5.85. The van der Waals surface area contributed by atoms with Gasteiger partial charge in [-0.15, -0.1) is 0 Å². The molecule has 2 amide bonds. The Morgan fingerprint density at radius 2 is 2.00 bits per heavy atom. The molecule has 0 unspecified atom stereocenters. The molecular formula is C22H36N2O4. The van der Waals surface area contributed by atoms with Crippen LogP contribution in [0.25, 0.3) is 0 Å². The normalized spacial score (nSPS) is 16.9. The first-order valence-corrected chi connectivity index (χ1v) is 10.5. The number of hydrogen-bond donors (Lipinski definition) is 0. The first kappa shape index (κ1) is 22.5. The Kier molecular flexibility index (Phi) is 8.55. The molecule has 1 aromatic heterocycles. The largest absolute Gasteiger partial charge is 0.467 e. The molecule has 1 aliphatic heterocycles. The van der Waals surface area contributed by atoms with Crippen LogP contribution < -0.4 is 0 Å². The number of nitrogens with zero attached hydrogens (tertiary/aromatic N) is 2. The quantitative estimate of drug-likeness (QED) is 0.607. The first-order chi connectivity index (χ1) is 13.3. The van der Waals surface area contributed by atoms with Gasteiger partial charge < -0.3 is 19.0 Å².